The van der Waals surface area contributed by atoms with Gasteiger partial charge in [-0.25, -0.2) is 4.79 Å². The van der Waals surface area contributed by atoms with Crippen molar-refractivity contribution in [3.05, 3.63) is 59.7 Å². The number of nitrogens with one attached hydrogen (secondary N) is 2. The van der Waals surface area contributed by atoms with E-state index in [9.17, 15) is 4.79 Å². The van der Waals surface area contributed by atoms with Crippen molar-refractivity contribution in [3.8, 4) is 0 Å². The maximum Gasteiger partial charge on any atom is 0.319 e. The van der Waals surface area contributed by atoms with E-state index in [0.29, 0.717) is 17.9 Å². The summed E-state index contributed by atoms with van der Waals surface area (Å²) in [6, 6.07) is 14.9. The first kappa shape index (κ1) is 13.0. The van der Waals surface area contributed by atoms with Crippen LogP contribution in [0.4, 0.5) is 16.2 Å². The van der Waals surface area contributed by atoms with Crippen LogP contribution in [0, 0.1) is 6.92 Å². The molecule has 0 spiro atoms. The molecule has 4 heteroatoms. The maximum absolute atomic E-state index is 11.7. The van der Waals surface area contributed by atoms with Gasteiger partial charge in [0.1, 0.15) is 0 Å². The summed E-state index contributed by atoms with van der Waals surface area (Å²) in [5, 5.41) is 5.53. The molecule has 0 saturated heterocycles. The summed E-state index contributed by atoms with van der Waals surface area (Å²) in [5.74, 6) is 0. The lowest BCUT2D eigenvalue weighted by molar-refractivity contribution is 0.251. The molecule has 4 N–H and O–H groups in total. The fourth-order valence-corrected chi connectivity index (χ4v) is 1.68. The van der Waals surface area contributed by atoms with E-state index < -0.39 is 0 Å². The highest BCUT2D eigenvalue weighted by molar-refractivity contribution is 5.89. The van der Waals surface area contributed by atoms with Crippen LogP contribution in [0.25, 0.3) is 0 Å². The number of hydrogen-bond donors (Lipinski definition) is 3. The third-order valence-corrected chi connectivity index (χ3v) is 2.72. The first-order chi connectivity index (χ1) is 9.13. The summed E-state index contributed by atoms with van der Waals surface area (Å²) in [5.41, 5.74) is 9.21. The highest BCUT2D eigenvalue weighted by atomic mass is 16.2. The molecular formula is C15H17N3O. The monoisotopic (exact) mass is 255 g/mol. The first-order valence-corrected chi connectivity index (χ1v) is 6.09. The smallest absolute Gasteiger partial charge is 0.319 e. The predicted octanol–water partition coefficient (Wildman–Crippen LogP) is 2.90. The van der Waals surface area contributed by atoms with Crippen molar-refractivity contribution < 1.29 is 4.79 Å². The average Bonchev–Trinajstić information content (AvgIpc) is 2.38. The second-order valence-corrected chi connectivity index (χ2v) is 4.42. The number of nitrogens with two attached hydrogens (primary N) is 1. The zero-order valence-corrected chi connectivity index (χ0v) is 10.8. The lowest BCUT2D eigenvalue weighted by Crippen LogP contribution is -2.28. The van der Waals surface area contributed by atoms with E-state index in [4.69, 9.17) is 5.73 Å². The van der Waals surface area contributed by atoms with Crippen LogP contribution in [0.2, 0.25) is 0 Å². The van der Waals surface area contributed by atoms with Gasteiger partial charge in [-0.1, -0.05) is 35.9 Å². The van der Waals surface area contributed by atoms with Crippen LogP contribution < -0.4 is 16.4 Å². The topological polar surface area (TPSA) is 67.2 Å². The Morgan fingerprint density at radius 1 is 1.16 bits per heavy atom. The minimum Gasteiger partial charge on any atom is -0.399 e. The molecule has 4 nitrogen and oxygen atoms in total. The molecule has 0 aromatic heterocycles. The van der Waals surface area contributed by atoms with Gasteiger partial charge in [0.2, 0.25) is 0 Å². The van der Waals surface area contributed by atoms with E-state index in [2.05, 4.69) is 10.6 Å². The van der Waals surface area contributed by atoms with Gasteiger partial charge >= 0.3 is 6.03 Å². The summed E-state index contributed by atoms with van der Waals surface area (Å²) in [6.45, 7) is 2.53. The molecule has 0 unspecified atom stereocenters. The molecule has 98 valence electrons. The molecule has 19 heavy (non-hydrogen) atoms. The van der Waals surface area contributed by atoms with Crippen LogP contribution in [0.5, 0.6) is 0 Å². The Morgan fingerprint density at radius 3 is 2.58 bits per heavy atom. The lowest BCUT2D eigenvalue weighted by atomic mass is 10.1. The Bertz CT molecular complexity index is 564. The van der Waals surface area contributed by atoms with Gasteiger partial charge < -0.3 is 16.4 Å². The number of rotatable bonds is 3. The second-order valence-electron chi connectivity index (χ2n) is 4.42. The molecule has 2 rings (SSSR count). The fourth-order valence-electron chi connectivity index (χ4n) is 1.68. The Balaban J connectivity index is 1.86. The molecule has 0 aliphatic rings. The van der Waals surface area contributed by atoms with Crippen molar-refractivity contribution in [1.29, 1.82) is 0 Å². The molecule has 0 radical (unpaired) electrons. The summed E-state index contributed by atoms with van der Waals surface area (Å²) >= 11 is 0. The number of carbonyl (C=O) groups excluding carboxylic acids is 1. The van der Waals surface area contributed by atoms with E-state index in [-0.39, 0.29) is 6.03 Å². The zero-order valence-electron chi connectivity index (χ0n) is 10.8. The van der Waals surface area contributed by atoms with Crippen LogP contribution in [0.15, 0.2) is 48.5 Å². The SMILES string of the molecule is Cc1ccc(CNC(=O)Nc2cccc(N)c2)cc1. The van der Waals surface area contributed by atoms with Crippen molar-refractivity contribution in [2.24, 2.45) is 0 Å². The minimum atomic E-state index is -0.244. The number of benzene rings is 2. The number of amides is 2. The largest absolute Gasteiger partial charge is 0.399 e. The van der Waals surface area contributed by atoms with Gasteiger partial charge in [0, 0.05) is 17.9 Å². The van der Waals surface area contributed by atoms with E-state index in [1.54, 1.807) is 24.3 Å². The number of nitrogen functional groups attached to an aromatic ring is 1. The first-order valence-electron chi connectivity index (χ1n) is 6.09. The highest BCUT2D eigenvalue weighted by Gasteiger charge is 2.01. The Hall–Kier alpha value is -2.49. The van der Waals surface area contributed by atoms with Crippen molar-refractivity contribution >= 4 is 17.4 Å². The van der Waals surface area contributed by atoms with Gasteiger partial charge in [-0.3, -0.25) is 0 Å². The molecule has 0 aliphatic carbocycles. The Morgan fingerprint density at radius 2 is 1.89 bits per heavy atom. The molecule has 0 atom stereocenters. The molecule has 2 amide bonds. The molecule has 0 aliphatic heterocycles. The van der Waals surface area contributed by atoms with E-state index >= 15 is 0 Å². The molecule has 0 heterocycles. The Kier molecular flexibility index (Phi) is 4.03. The molecular weight excluding hydrogens is 238 g/mol. The van der Waals surface area contributed by atoms with Gasteiger partial charge in [0.25, 0.3) is 0 Å². The van der Waals surface area contributed by atoms with Crippen LogP contribution in [0.1, 0.15) is 11.1 Å². The van der Waals surface area contributed by atoms with E-state index in [1.807, 2.05) is 31.2 Å². The lowest BCUT2D eigenvalue weighted by Gasteiger charge is -2.08. The second kappa shape index (κ2) is 5.91. The number of carbonyl (C=O) groups is 1. The maximum atomic E-state index is 11.7. The summed E-state index contributed by atoms with van der Waals surface area (Å²) < 4.78 is 0. The number of anilines is 2. The van der Waals surface area contributed by atoms with Gasteiger partial charge in [-0.2, -0.15) is 0 Å². The van der Waals surface area contributed by atoms with E-state index in [0.717, 1.165) is 5.56 Å². The third-order valence-electron chi connectivity index (χ3n) is 2.72. The van der Waals surface area contributed by atoms with Crippen molar-refractivity contribution in [2.75, 3.05) is 11.1 Å². The summed E-state index contributed by atoms with van der Waals surface area (Å²) in [6.07, 6.45) is 0. The molecule has 0 bridgehead atoms. The summed E-state index contributed by atoms with van der Waals surface area (Å²) in [4.78, 5) is 11.7. The minimum absolute atomic E-state index is 0.244. The van der Waals surface area contributed by atoms with Crippen LogP contribution in [0.3, 0.4) is 0 Å². The number of aryl methyl sites for hydroxylation is 1. The van der Waals surface area contributed by atoms with Gasteiger partial charge in [0.15, 0.2) is 0 Å². The van der Waals surface area contributed by atoms with Gasteiger partial charge in [-0.05, 0) is 30.7 Å². The molecule has 2 aromatic rings. The number of hydrogen-bond acceptors (Lipinski definition) is 2. The Labute approximate surface area is 112 Å². The predicted molar refractivity (Wildman–Crippen MR) is 77.9 cm³/mol. The third kappa shape index (κ3) is 4.03. The van der Waals surface area contributed by atoms with Gasteiger partial charge in [-0.15, -0.1) is 0 Å². The quantitative estimate of drug-likeness (QED) is 0.738. The fraction of sp³-hybridized carbons (Fsp3) is 0.133. The van der Waals surface area contributed by atoms with Crippen molar-refractivity contribution in [3.63, 3.8) is 0 Å². The average molecular weight is 255 g/mol. The zero-order chi connectivity index (χ0) is 13.7. The van der Waals surface area contributed by atoms with Crippen LogP contribution >= 0.6 is 0 Å². The van der Waals surface area contributed by atoms with Crippen molar-refractivity contribution in [2.45, 2.75) is 13.5 Å². The van der Waals surface area contributed by atoms with Crippen LogP contribution in [-0.2, 0) is 6.54 Å². The van der Waals surface area contributed by atoms with Crippen molar-refractivity contribution in [1.82, 2.24) is 5.32 Å². The standard InChI is InChI=1S/C15H17N3O/c1-11-5-7-12(8-6-11)10-17-15(19)18-14-4-2-3-13(16)9-14/h2-9H,10,16H2,1H3,(H2,17,18,19). The normalized spacial score (nSPS) is 9.95. The highest BCUT2D eigenvalue weighted by Crippen LogP contribution is 2.11. The van der Waals surface area contributed by atoms with Crippen LogP contribution in [-0.4, -0.2) is 6.03 Å². The molecule has 0 saturated carbocycles. The van der Waals surface area contributed by atoms with E-state index in [1.165, 1.54) is 5.56 Å². The molecule has 0 fully saturated rings. The van der Waals surface area contributed by atoms with Gasteiger partial charge in [0.05, 0.1) is 0 Å². The summed E-state index contributed by atoms with van der Waals surface area (Å²) in [7, 11) is 0. The molecule has 2 aromatic carbocycles. The number of urea groups is 1.